The number of carbonyl (C=O) groups is 1. The van der Waals surface area contributed by atoms with E-state index in [-0.39, 0.29) is 5.91 Å². The van der Waals surface area contributed by atoms with E-state index in [2.05, 4.69) is 27.9 Å². The van der Waals surface area contributed by atoms with Crippen LogP contribution in [0.1, 0.15) is 23.7 Å². The summed E-state index contributed by atoms with van der Waals surface area (Å²) in [5.74, 6) is 1.08. The van der Waals surface area contributed by atoms with E-state index < -0.39 is 6.10 Å². The second-order valence-electron chi connectivity index (χ2n) is 7.20. The van der Waals surface area contributed by atoms with E-state index in [0.717, 1.165) is 29.1 Å². The van der Waals surface area contributed by atoms with Gasteiger partial charge in [-0.1, -0.05) is 18.2 Å². The second-order valence-corrected chi connectivity index (χ2v) is 8.13. The largest absolute Gasteiger partial charge is 0.477 e. The lowest BCUT2D eigenvalue weighted by atomic mass is 10.1. The van der Waals surface area contributed by atoms with Gasteiger partial charge in [-0.3, -0.25) is 19.4 Å². The fourth-order valence-corrected chi connectivity index (χ4v) is 4.44. The van der Waals surface area contributed by atoms with Crippen LogP contribution in [-0.2, 0) is 17.9 Å². The van der Waals surface area contributed by atoms with Gasteiger partial charge in [-0.05, 0) is 61.2 Å². The highest BCUT2D eigenvalue weighted by Gasteiger charge is 2.33. The van der Waals surface area contributed by atoms with E-state index in [1.165, 1.54) is 10.5 Å². The minimum atomic E-state index is -0.547. The highest BCUT2D eigenvalue weighted by molar-refractivity contribution is 7.97. The molecule has 5 rings (SSSR count). The van der Waals surface area contributed by atoms with Gasteiger partial charge < -0.3 is 4.74 Å². The first-order valence-corrected chi connectivity index (χ1v) is 10.3. The number of ether oxygens (including phenoxy) is 1. The number of carbonyl (C=O) groups excluding carboxylic acids is 1. The lowest BCUT2D eigenvalue weighted by Gasteiger charge is -2.32. The topological polar surface area (TPSA) is 67.4 Å². The average molecular weight is 404 g/mol. The molecule has 2 aromatic heterocycles. The third-order valence-corrected chi connectivity index (χ3v) is 6.15. The highest BCUT2D eigenvalue weighted by Crippen LogP contribution is 2.37. The number of rotatable bonds is 3. The van der Waals surface area contributed by atoms with Crippen LogP contribution in [0.25, 0.3) is 11.3 Å². The number of nitrogens with one attached hydrogen (secondary N) is 1. The fourth-order valence-electron chi connectivity index (χ4n) is 3.60. The summed E-state index contributed by atoms with van der Waals surface area (Å²) in [7, 11) is 0. The Hall–Kier alpha value is -2.90. The standard InChI is InChI=1S/C22H20N4O2S/c1-13-17(4-3-9-23-13)12-26-21-19(28-14(2)22(26)27)8-7-18(25-21)15-5-6-16-11-24-29-20(16)10-15/h3-10,14,24H,11-12H2,1-2H3. The number of fused-ring (bicyclic) bond motifs is 2. The zero-order chi connectivity index (χ0) is 20.0. The maximum atomic E-state index is 12.9. The first kappa shape index (κ1) is 18.1. The van der Waals surface area contributed by atoms with Crippen molar-refractivity contribution in [3.63, 3.8) is 0 Å². The van der Waals surface area contributed by atoms with E-state index in [0.29, 0.717) is 18.1 Å². The van der Waals surface area contributed by atoms with Crippen molar-refractivity contribution in [3.8, 4) is 17.0 Å². The van der Waals surface area contributed by atoms with Crippen LogP contribution >= 0.6 is 11.9 Å². The zero-order valence-electron chi connectivity index (χ0n) is 16.2. The molecule has 0 bridgehead atoms. The van der Waals surface area contributed by atoms with Crippen LogP contribution in [-0.4, -0.2) is 22.0 Å². The molecular weight excluding hydrogens is 384 g/mol. The molecule has 2 aliphatic heterocycles. The molecule has 3 aromatic rings. The van der Waals surface area contributed by atoms with Gasteiger partial charge in [0.2, 0.25) is 0 Å². The lowest BCUT2D eigenvalue weighted by molar-refractivity contribution is -0.125. The van der Waals surface area contributed by atoms with Crippen LogP contribution in [0.15, 0.2) is 53.6 Å². The number of hydrogen-bond donors (Lipinski definition) is 1. The number of pyridine rings is 2. The molecule has 7 heteroatoms. The monoisotopic (exact) mass is 404 g/mol. The van der Waals surface area contributed by atoms with Gasteiger partial charge in [0.05, 0.1) is 12.2 Å². The molecule has 1 unspecified atom stereocenters. The van der Waals surface area contributed by atoms with Crippen molar-refractivity contribution in [2.45, 2.75) is 37.9 Å². The molecule has 0 fully saturated rings. The normalized spacial score (nSPS) is 17.7. The molecular formula is C22H20N4O2S. The molecule has 0 saturated carbocycles. The van der Waals surface area contributed by atoms with Crippen LogP contribution in [0.5, 0.6) is 5.75 Å². The summed E-state index contributed by atoms with van der Waals surface area (Å²) in [6, 6.07) is 14.1. The molecule has 1 N–H and O–H groups in total. The van der Waals surface area contributed by atoms with E-state index in [1.807, 2.05) is 31.2 Å². The van der Waals surface area contributed by atoms with E-state index in [1.54, 1.807) is 30.0 Å². The van der Waals surface area contributed by atoms with Crippen molar-refractivity contribution in [1.29, 1.82) is 0 Å². The summed E-state index contributed by atoms with van der Waals surface area (Å²) in [4.78, 5) is 25.0. The van der Waals surface area contributed by atoms with E-state index in [4.69, 9.17) is 9.72 Å². The van der Waals surface area contributed by atoms with Crippen LogP contribution in [0, 0.1) is 6.92 Å². The molecule has 6 nitrogen and oxygen atoms in total. The average Bonchev–Trinajstić information content (AvgIpc) is 3.20. The van der Waals surface area contributed by atoms with Crippen LogP contribution in [0.3, 0.4) is 0 Å². The van der Waals surface area contributed by atoms with E-state index >= 15 is 0 Å². The van der Waals surface area contributed by atoms with Crippen LogP contribution < -0.4 is 14.4 Å². The van der Waals surface area contributed by atoms with Crippen molar-refractivity contribution < 1.29 is 9.53 Å². The Balaban J connectivity index is 1.56. The molecule has 2 aliphatic rings. The van der Waals surface area contributed by atoms with Crippen molar-refractivity contribution in [2.75, 3.05) is 4.90 Å². The van der Waals surface area contributed by atoms with Crippen LogP contribution in [0.2, 0.25) is 0 Å². The Bertz CT molecular complexity index is 1120. The van der Waals surface area contributed by atoms with Gasteiger partial charge in [-0.25, -0.2) is 4.98 Å². The van der Waals surface area contributed by atoms with Crippen LogP contribution in [0.4, 0.5) is 5.82 Å². The Morgan fingerprint density at radius 1 is 1.28 bits per heavy atom. The third kappa shape index (κ3) is 3.26. The highest BCUT2D eigenvalue weighted by atomic mass is 32.2. The Labute approximate surface area is 173 Å². The minimum Gasteiger partial charge on any atom is -0.477 e. The van der Waals surface area contributed by atoms with Gasteiger partial charge >= 0.3 is 0 Å². The van der Waals surface area contributed by atoms with Crippen molar-refractivity contribution >= 4 is 23.7 Å². The van der Waals surface area contributed by atoms with Gasteiger partial charge in [0, 0.05) is 28.9 Å². The van der Waals surface area contributed by atoms with Gasteiger partial charge in [0.25, 0.3) is 5.91 Å². The summed E-state index contributed by atoms with van der Waals surface area (Å²) in [6.07, 6.45) is 1.21. The minimum absolute atomic E-state index is 0.0980. The zero-order valence-corrected chi connectivity index (χ0v) is 17.0. The second kappa shape index (κ2) is 7.17. The summed E-state index contributed by atoms with van der Waals surface area (Å²) >= 11 is 1.64. The molecule has 1 amide bonds. The molecule has 4 heterocycles. The molecule has 146 valence electrons. The molecule has 1 atom stereocenters. The smallest absolute Gasteiger partial charge is 0.269 e. The van der Waals surface area contributed by atoms with Crippen molar-refractivity contribution in [3.05, 3.63) is 65.5 Å². The first-order chi connectivity index (χ1) is 14.1. The Morgan fingerprint density at radius 2 is 2.17 bits per heavy atom. The molecule has 29 heavy (non-hydrogen) atoms. The van der Waals surface area contributed by atoms with Gasteiger partial charge in [0.1, 0.15) is 0 Å². The summed E-state index contributed by atoms with van der Waals surface area (Å²) in [5.41, 5.74) is 5.02. The molecule has 0 saturated heterocycles. The van der Waals surface area contributed by atoms with Gasteiger partial charge in [-0.2, -0.15) is 0 Å². The lowest BCUT2D eigenvalue weighted by Crippen LogP contribution is -2.44. The fraction of sp³-hybridized carbons (Fsp3) is 0.227. The number of benzene rings is 1. The van der Waals surface area contributed by atoms with Crippen molar-refractivity contribution in [1.82, 2.24) is 14.7 Å². The third-order valence-electron chi connectivity index (χ3n) is 5.27. The Morgan fingerprint density at radius 3 is 3.03 bits per heavy atom. The van der Waals surface area contributed by atoms with E-state index in [9.17, 15) is 4.79 Å². The predicted molar refractivity (Wildman–Crippen MR) is 113 cm³/mol. The first-order valence-electron chi connectivity index (χ1n) is 9.53. The maximum Gasteiger partial charge on any atom is 0.269 e. The van der Waals surface area contributed by atoms with Gasteiger partial charge in [-0.15, -0.1) is 0 Å². The maximum absolute atomic E-state index is 12.9. The number of nitrogens with zero attached hydrogens (tertiary/aromatic N) is 3. The summed E-state index contributed by atoms with van der Waals surface area (Å²) < 4.78 is 9.11. The van der Waals surface area contributed by atoms with Gasteiger partial charge in [0.15, 0.2) is 17.7 Å². The van der Waals surface area contributed by atoms with Crippen molar-refractivity contribution in [2.24, 2.45) is 0 Å². The molecule has 0 radical (unpaired) electrons. The Kier molecular flexibility index (Phi) is 4.49. The SMILES string of the molecule is Cc1ncccc1CN1C(=O)C(C)Oc2ccc(-c3ccc4c(c3)SNC4)nc21. The number of hydrogen-bond acceptors (Lipinski definition) is 6. The predicted octanol–water partition coefficient (Wildman–Crippen LogP) is 3.88. The molecule has 1 aromatic carbocycles. The summed E-state index contributed by atoms with van der Waals surface area (Å²) in [5, 5.41) is 0. The molecule has 0 aliphatic carbocycles. The number of aryl methyl sites for hydroxylation is 1. The quantitative estimate of drug-likeness (QED) is 0.669. The summed E-state index contributed by atoms with van der Waals surface area (Å²) in [6.45, 7) is 5.01. The number of amides is 1. The number of aromatic nitrogens is 2. The number of anilines is 1. The molecule has 0 spiro atoms.